The summed E-state index contributed by atoms with van der Waals surface area (Å²) in [6, 6.07) is 0.582. The molecule has 0 unspecified atom stereocenters. The van der Waals surface area contributed by atoms with Crippen LogP contribution in [0.25, 0.3) is 0 Å². The Morgan fingerprint density at radius 1 is 0.944 bits per heavy atom. The largest absolute Gasteiger partial charge is 0.356 e. The third-order valence-corrected chi connectivity index (χ3v) is 2.99. The number of rotatable bonds is 12. The minimum Gasteiger partial charge on any atom is -0.356 e. The van der Waals surface area contributed by atoms with Gasteiger partial charge >= 0.3 is 0 Å². The van der Waals surface area contributed by atoms with Gasteiger partial charge in [-0.3, -0.25) is 4.79 Å². The van der Waals surface area contributed by atoms with E-state index in [1.54, 1.807) is 0 Å². The zero-order valence-electron chi connectivity index (χ0n) is 12.6. The number of nitrogens with one attached hydrogen (secondary N) is 2. The number of hydrogen-bond acceptors (Lipinski definition) is 2. The summed E-state index contributed by atoms with van der Waals surface area (Å²) in [5, 5.41) is 6.39. The smallest absolute Gasteiger partial charge is 0.219 e. The van der Waals surface area contributed by atoms with Gasteiger partial charge in [-0.05, 0) is 25.8 Å². The van der Waals surface area contributed by atoms with Gasteiger partial charge in [-0.25, -0.2) is 0 Å². The van der Waals surface area contributed by atoms with Gasteiger partial charge in [0, 0.05) is 19.0 Å². The molecule has 0 aromatic heterocycles. The number of carbonyl (C=O) groups is 1. The maximum Gasteiger partial charge on any atom is 0.219 e. The minimum atomic E-state index is 0.228. The molecule has 2 N–H and O–H groups in total. The van der Waals surface area contributed by atoms with E-state index in [-0.39, 0.29) is 5.91 Å². The number of hydrogen-bond donors (Lipinski definition) is 2. The molecule has 1 amide bonds. The summed E-state index contributed by atoms with van der Waals surface area (Å²) in [5.74, 6) is 0.228. The monoisotopic (exact) mass is 256 g/mol. The normalized spacial score (nSPS) is 10.9. The predicted molar refractivity (Wildman–Crippen MR) is 78.8 cm³/mol. The first-order valence-electron chi connectivity index (χ1n) is 7.67. The molecule has 0 radical (unpaired) electrons. The average Bonchev–Trinajstić information content (AvgIpc) is 2.33. The Labute approximate surface area is 113 Å². The molecule has 3 nitrogen and oxygen atoms in total. The lowest BCUT2D eigenvalue weighted by atomic mass is 10.1. The highest BCUT2D eigenvalue weighted by Crippen LogP contribution is 2.02. The second-order valence-electron chi connectivity index (χ2n) is 5.33. The Balaban J connectivity index is 3.15. The first-order valence-corrected chi connectivity index (χ1v) is 7.67. The van der Waals surface area contributed by atoms with Crippen LogP contribution < -0.4 is 10.6 Å². The molecule has 0 aliphatic heterocycles. The SMILES string of the molecule is CCCCCNC(=O)CCCCCCNC(C)C. The van der Waals surface area contributed by atoms with Crippen molar-refractivity contribution in [3.63, 3.8) is 0 Å². The molecule has 0 atom stereocenters. The van der Waals surface area contributed by atoms with E-state index in [0.29, 0.717) is 12.5 Å². The molecule has 0 aromatic carbocycles. The topological polar surface area (TPSA) is 41.1 Å². The third-order valence-electron chi connectivity index (χ3n) is 2.99. The number of carbonyl (C=O) groups excluding carboxylic acids is 1. The lowest BCUT2D eigenvalue weighted by Gasteiger charge is -2.07. The molecule has 0 aromatic rings. The van der Waals surface area contributed by atoms with E-state index >= 15 is 0 Å². The van der Waals surface area contributed by atoms with Crippen molar-refractivity contribution in [1.82, 2.24) is 10.6 Å². The summed E-state index contributed by atoms with van der Waals surface area (Å²) in [6.45, 7) is 8.47. The zero-order chi connectivity index (χ0) is 13.6. The van der Waals surface area contributed by atoms with E-state index in [4.69, 9.17) is 0 Å². The van der Waals surface area contributed by atoms with E-state index in [1.165, 1.54) is 32.1 Å². The molecule has 3 heteroatoms. The molecule has 0 saturated carbocycles. The van der Waals surface area contributed by atoms with E-state index in [0.717, 1.165) is 25.9 Å². The number of amides is 1. The fourth-order valence-electron chi connectivity index (χ4n) is 1.85. The molecule has 0 aliphatic rings. The standard InChI is InChI=1S/C15H32N2O/c1-4-5-9-13-17-15(18)11-8-6-7-10-12-16-14(2)3/h14,16H,4-13H2,1-3H3,(H,17,18). The Kier molecular flexibility index (Phi) is 12.5. The number of unbranched alkanes of at least 4 members (excludes halogenated alkanes) is 5. The highest BCUT2D eigenvalue weighted by atomic mass is 16.1. The van der Waals surface area contributed by atoms with Gasteiger partial charge in [-0.1, -0.05) is 46.5 Å². The highest BCUT2D eigenvalue weighted by molar-refractivity contribution is 5.75. The van der Waals surface area contributed by atoms with E-state index in [2.05, 4.69) is 31.4 Å². The Morgan fingerprint density at radius 2 is 1.61 bits per heavy atom. The maximum absolute atomic E-state index is 11.5. The summed E-state index contributed by atoms with van der Waals surface area (Å²) in [4.78, 5) is 11.5. The van der Waals surface area contributed by atoms with Gasteiger partial charge in [0.2, 0.25) is 5.91 Å². The molecule has 0 rings (SSSR count). The summed E-state index contributed by atoms with van der Waals surface area (Å²) in [5.41, 5.74) is 0. The van der Waals surface area contributed by atoms with Crippen LogP contribution in [-0.2, 0) is 4.79 Å². The molecule has 0 aliphatic carbocycles. The van der Waals surface area contributed by atoms with Crippen molar-refractivity contribution in [2.75, 3.05) is 13.1 Å². The van der Waals surface area contributed by atoms with Gasteiger partial charge in [-0.15, -0.1) is 0 Å². The van der Waals surface area contributed by atoms with E-state index in [1.807, 2.05) is 0 Å². The lowest BCUT2D eigenvalue weighted by molar-refractivity contribution is -0.121. The Bertz CT molecular complexity index is 193. The quantitative estimate of drug-likeness (QED) is 0.526. The molecule has 0 spiro atoms. The third kappa shape index (κ3) is 13.5. The van der Waals surface area contributed by atoms with Gasteiger partial charge in [0.1, 0.15) is 0 Å². The fourth-order valence-corrected chi connectivity index (χ4v) is 1.85. The summed E-state index contributed by atoms with van der Waals surface area (Å²) >= 11 is 0. The van der Waals surface area contributed by atoms with Crippen molar-refractivity contribution in [1.29, 1.82) is 0 Å². The van der Waals surface area contributed by atoms with Crippen molar-refractivity contribution < 1.29 is 4.79 Å². The van der Waals surface area contributed by atoms with Crippen molar-refractivity contribution in [2.45, 2.75) is 78.2 Å². The molecule has 0 fully saturated rings. The van der Waals surface area contributed by atoms with Crippen molar-refractivity contribution in [2.24, 2.45) is 0 Å². The summed E-state index contributed by atoms with van der Waals surface area (Å²) in [6.07, 6.45) is 8.87. The van der Waals surface area contributed by atoms with Crippen molar-refractivity contribution in [3.05, 3.63) is 0 Å². The first kappa shape index (κ1) is 17.4. The molecular formula is C15H32N2O. The van der Waals surface area contributed by atoms with E-state index < -0.39 is 0 Å². The van der Waals surface area contributed by atoms with Crippen molar-refractivity contribution >= 4 is 5.91 Å². The van der Waals surface area contributed by atoms with Crippen LogP contribution in [0.2, 0.25) is 0 Å². The van der Waals surface area contributed by atoms with Gasteiger partial charge in [0.25, 0.3) is 0 Å². The predicted octanol–water partition coefficient (Wildman–Crippen LogP) is 3.24. The molecule has 108 valence electrons. The second-order valence-corrected chi connectivity index (χ2v) is 5.33. The van der Waals surface area contributed by atoms with Crippen LogP contribution >= 0.6 is 0 Å². The fraction of sp³-hybridized carbons (Fsp3) is 0.933. The van der Waals surface area contributed by atoms with Gasteiger partial charge in [0.15, 0.2) is 0 Å². The average molecular weight is 256 g/mol. The van der Waals surface area contributed by atoms with Crippen LogP contribution in [0.15, 0.2) is 0 Å². The van der Waals surface area contributed by atoms with Crippen molar-refractivity contribution in [3.8, 4) is 0 Å². The zero-order valence-corrected chi connectivity index (χ0v) is 12.6. The van der Waals surface area contributed by atoms with Crippen LogP contribution in [0, 0.1) is 0 Å². The van der Waals surface area contributed by atoms with Crippen LogP contribution in [0.1, 0.15) is 72.1 Å². The molecular weight excluding hydrogens is 224 g/mol. The van der Waals surface area contributed by atoms with Crippen LogP contribution in [0.4, 0.5) is 0 Å². The Morgan fingerprint density at radius 3 is 2.28 bits per heavy atom. The summed E-state index contributed by atoms with van der Waals surface area (Å²) < 4.78 is 0. The van der Waals surface area contributed by atoms with Crippen LogP contribution in [0.3, 0.4) is 0 Å². The van der Waals surface area contributed by atoms with E-state index in [9.17, 15) is 4.79 Å². The van der Waals surface area contributed by atoms with Gasteiger partial charge in [-0.2, -0.15) is 0 Å². The molecule has 0 bridgehead atoms. The summed E-state index contributed by atoms with van der Waals surface area (Å²) in [7, 11) is 0. The molecule has 0 heterocycles. The van der Waals surface area contributed by atoms with Crippen LogP contribution in [-0.4, -0.2) is 25.0 Å². The highest BCUT2D eigenvalue weighted by Gasteiger charge is 2.00. The minimum absolute atomic E-state index is 0.228. The van der Waals surface area contributed by atoms with Crippen LogP contribution in [0.5, 0.6) is 0 Å². The molecule has 0 saturated heterocycles. The van der Waals surface area contributed by atoms with Gasteiger partial charge < -0.3 is 10.6 Å². The molecule has 18 heavy (non-hydrogen) atoms. The first-order chi connectivity index (χ1) is 8.66. The Hall–Kier alpha value is -0.570. The maximum atomic E-state index is 11.5. The van der Waals surface area contributed by atoms with Gasteiger partial charge in [0.05, 0.1) is 0 Å². The second kappa shape index (κ2) is 12.9. The lowest BCUT2D eigenvalue weighted by Crippen LogP contribution is -2.24.